The lowest BCUT2D eigenvalue weighted by Gasteiger charge is -2.24. The van der Waals surface area contributed by atoms with E-state index in [1.807, 2.05) is 57.9 Å². The summed E-state index contributed by atoms with van der Waals surface area (Å²) in [6.45, 7) is 16.8. The maximum atomic E-state index is 13.1. The second-order valence-electron chi connectivity index (χ2n) is 9.60. The van der Waals surface area contributed by atoms with Crippen molar-refractivity contribution in [2.24, 2.45) is 16.6 Å². The van der Waals surface area contributed by atoms with E-state index in [0.717, 1.165) is 78.4 Å². The minimum atomic E-state index is 0.0543. The monoisotopic (exact) mass is 583 g/mol. The summed E-state index contributed by atoms with van der Waals surface area (Å²) in [5.74, 6) is 1.08. The molecule has 0 unspecified atom stereocenters. The highest BCUT2D eigenvalue weighted by Crippen LogP contribution is 2.33. The minimum Gasteiger partial charge on any atom is -0.396 e. The lowest BCUT2D eigenvalue weighted by Crippen LogP contribution is -2.43. The van der Waals surface area contributed by atoms with Gasteiger partial charge in [0, 0.05) is 67.7 Å². The van der Waals surface area contributed by atoms with Crippen molar-refractivity contribution in [2.75, 3.05) is 39.8 Å². The van der Waals surface area contributed by atoms with Gasteiger partial charge in [0.15, 0.2) is 0 Å². The topological polar surface area (TPSA) is 103 Å². The van der Waals surface area contributed by atoms with Gasteiger partial charge in [-0.3, -0.25) is 4.79 Å². The van der Waals surface area contributed by atoms with Crippen LogP contribution in [0.4, 0.5) is 5.69 Å². The van der Waals surface area contributed by atoms with Crippen LogP contribution in [0.1, 0.15) is 71.9 Å². The standard InChI is InChI=1S/C25H32N4OS.C4H9NO.2C2H6/c1-4-10-29(11-5-2)25(30)21-12-19-8-6-17(13-22(19)28-24(26)15-21)18-7-9-20(16-27-3)23(31)14-18;6-3-4-1-5-2-4;2*1-2/h6-9,12-14,27,31H,4-5,10-11,15-16H2,1-3H3,(H2,26,28);4-6H,1-3H2;2*1-2H3. The predicted octanol–water partition coefficient (Wildman–Crippen LogP) is 6.04. The fraction of sp³-hybridized carbons (Fsp3) is 0.515. The number of benzene rings is 2. The van der Waals surface area contributed by atoms with Crippen LogP contribution in [0.5, 0.6) is 0 Å². The number of aliphatic imine (C=N–C) groups is 1. The third-order valence-corrected chi connectivity index (χ3v) is 6.87. The number of hydrogen-bond donors (Lipinski definition) is 5. The number of carbonyl (C=O) groups excluding carboxylic acids is 1. The number of hydrogen-bond acceptors (Lipinski definition) is 7. The van der Waals surface area contributed by atoms with Crippen molar-refractivity contribution < 1.29 is 9.90 Å². The quantitative estimate of drug-likeness (QED) is 0.232. The molecule has 1 saturated heterocycles. The fourth-order valence-corrected chi connectivity index (χ4v) is 4.62. The van der Waals surface area contributed by atoms with Gasteiger partial charge in [-0.2, -0.15) is 0 Å². The van der Waals surface area contributed by atoms with Crippen molar-refractivity contribution in [1.29, 1.82) is 0 Å². The van der Waals surface area contributed by atoms with Gasteiger partial charge >= 0.3 is 0 Å². The first kappa shape index (κ1) is 36.4. The molecule has 228 valence electrons. The van der Waals surface area contributed by atoms with E-state index in [-0.39, 0.29) is 5.91 Å². The molecule has 2 aliphatic heterocycles. The van der Waals surface area contributed by atoms with E-state index in [1.165, 1.54) is 0 Å². The average molecular weight is 584 g/mol. The van der Waals surface area contributed by atoms with Crippen LogP contribution in [0.15, 0.2) is 51.9 Å². The summed E-state index contributed by atoms with van der Waals surface area (Å²) < 4.78 is 0. The molecular weight excluding hydrogens is 530 g/mol. The number of fused-ring (bicyclic) bond motifs is 1. The van der Waals surface area contributed by atoms with Crippen LogP contribution in [0, 0.1) is 5.92 Å². The molecular formula is C33H53N5O2S. The molecule has 2 aromatic carbocycles. The van der Waals surface area contributed by atoms with Crippen LogP contribution in [0.2, 0.25) is 0 Å². The van der Waals surface area contributed by atoms with E-state index < -0.39 is 0 Å². The molecule has 0 radical (unpaired) electrons. The molecule has 2 heterocycles. The van der Waals surface area contributed by atoms with Crippen LogP contribution >= 0.6 is 12.6 Å². The molecule has 0 bridgehead atoms. The van der Waals surface area contributed by atoms with Crippen molar-refractivity contribution in [3.05, 3.63) is 53.1 Å². The maximum absolute atomic E-state index is 13.1. The van der Waals surface area contributed by atoms with E-state index in [9.17, 15) is 4.79 Å². The third-order valence-electron chi connectivity index (χ3n) is 6.45. The van der Waals surface area contributed by atoms with Crippen molar-refractivity contribution >= 4 is 36.1 Å². The Balaban J connectivity index is 0.000000722. The molecule has 5 N–H and O–H groups in total. The number of rotatable bonds is 9. The van der Waals surface area contributed by atoms with Crippen molar-refractivity contribution in [3.8, 4) is 11.1 Å². The smallest absolute Gasteiger partial charge is 0.250 e. The second-order valence-corrected chi connectivity index (χ2v) is 10.1. The number of amides is 1. The summed E-state index contributed by atoms with van der Waals surface area (Å²) in [6, 6.07) is 12.4. The first-order chi connectivity index (χ1) is 19.9. The van der Waals surface area contributed by atoms with Crippen LogP contribution in [-0.4, -0.2) is 61.6 Å². The summed E-state index contributed by atoms with van der Waals surface area (Å²) in [6.07, 6.45) is 4.18. The SMILES string of the molecule is CC.CC.CCCN(CCC)C(=O)C1=Cc2ccc(-c3ccc(CNC)c(S)c3)cc2N=C(N)C1.OCC1CNC1. The van der Waals surface area contributed by atoms with Gasteiger partial charge in [0.1, 0.15) is 5.84 Å². The molecule has 1 fully saturated rings. The number of nitrogens with zero attached hydrogens (tertiary/aromatic N) is 2. The zero-order valence-corrected chi connectivity index (χ0v) is 27.2. The van der Waals surface area contributed by atoms with Gasteiger partial charge in [-0.15, -0.1) is 12.6 Å². The van der Waals surface area contributed by atoms with Gasteiger partial charge in [0.2, 0.25) is 5.91 Å². The Morgan fingerprint density at radius 2 is 1.68 bits per heavy atom. The average Bonchev–Trinajstić information content (AvgIpc) is 3.13. The van der Waals surface area contributed by atoms with E-state index in [0.29, 0.717) is 30.4 Å². The zero-order valence-electron chi connectivity index (χ0n) is 26.3. The lowest BCUT2D eigenvalue weighted by atomic mass is 10.00. The number of amidine groups is 1. The summed E-state index contributed by atoms with van der Waals surface area (Å²) in [5, 5.41) is 14.6. The van der Waals surface area contributed by atoms with Crippen LogP contribution in [0.25, 0.3) is 17.2 Å². The molecule has 41 heavy (non-hydrogen) atoms. The van der Waals surface area contributed by atoms with Crippen molar-refractivity contribution in [3.63, 3.8) is 0 Å². The molecule has 8 heteroatoms. The Hall–Kier alpha value is -2.65. The molecule has 0 aliphatic carbocycles. The highest BCUT2D eigenvalue weighted by Gasteiger charge is 2.21. The van der Waals surface area contributed by atoms with Gasteiger partial charge in [-0.1, -0.05) is 65.8 Å². The first-order valence-electron chi connectivity index (χ1n) is 15.1. The van der Waals surface area contributed by atoms with Crippen molar-refractivity contribution in [2.45, 2.75) is 72.2 Å². The largest absolute Gasteiger partial charge is 0.396 e. The molecule has 0 spiro atoms. The van der Waals surface area contributed by atoms with E-state index in [1.54, 1.807) is 0 Å². The molecule has 0 atom stereocenters. The first-order valence-corrected chi connectivity index (χ1v) is 15.6. The number of carbonyl (C=O) groups is 1. The number of nitrogens with one attached hydrogen (secondary N) is 2. The Morgan fingerprint density at radius 3 is 2.17 bits per heavy atom. The summed E-state index contributed by atoms with van der Waals surface area (Å²) in [4.78, 5) is 20.6. The summed E-state index contributed by atoms with van der Waals surface area (Å²) in [5.41, 5.74) is 11.9. The highest BCUT2D eigenvalue weighted by molar-refractivity contribution is 7.80. The number of aliphatic hydroxyl groups excluding tert-OH is 1. The molecule has 2 aromatic rings. The summed E-state index contributed by atoms with van der Waals surface area (Å²) in [7, 11) is 1.92. The number of thiol groups is 1. The summed E-state index contributed by atoms with van der Waals surface area (Å²) >= 11 is 4.63. The van der Waals surface area contributed by atoms with Gasteiger partial charge in [0.25, 0.3) is 0 Å². The molecule has 0 aromatic heterocycles. The van der Waals surface area contributed by atoms with E-state index >= 15 is 0 Å². The van der Waals surface area contributed by atoms with Gasteiger partial charge in [0.05, 0.1) is 5.69 Å². The van der Waals surface area contributed by atoms with Crippen LogP contribution < -0.4 is 16.4 Å². The number of nitrogens with two attached hydrogens (primary N) is 1. The zero-order chi connectivity index (χ0) is 30.8. The lowest BCUT2D eigenvalue weighted by molar-refractivity contribution is -0.127. The van der Waals surface area contributed by atoms with Gasteiger partial charge in [-0.25, -0.2) is 4.99 Å². The molecule has 0 saturated carbocycles. The Labute approximate surface area is 254 Å². The van der Waals surface area contributed by atoms with E-state index in [2.05, 4.69) is 66.4 Å². The second kappa shape index (κ2) is 20.3. The van der Waals surface area contributed by atoms with E-state index in [4.69, 9.17) is 10.8 Å². The Bertz CT molecular complexity index is 1120. The Morgan fingerprint density at radius 1 is 1.07 bits per heavy atom. The normalized spacial score (nSPS) is 13.7. The van der Waals surface area contributed by atoms with Crippen LogP contribution in [-0.2, 0) is 11.3 Å². The van der Waals surface area contributed by atoms with Crippen molar-refractivity contribution in [1.82, 2.24) is 15.5 Å². The minimum absolute atomic E-state index is 0.0543. The molecule has 4 rings (SSSR count). The molecule has 1 amide bonds. The van der Waals surface area contributed by atoms with Crippen LogP contribution in [0.3, 0.4) is 0 Å². The molecule has 2 aliphatic rings. The maximum Gasteiger partial charge on any atom is 0.250 e. The highest BCUT2D eigenvalue weighted by atomic mass is 32.1. The Kier molecular flexibility index (Phi) is 18.0. The number of aliphatic hydroxyl groups is 1. The predicted molar refractivity (Wildman–Crippen MR) is 179 cm³/mol. The third kappa shape index (κ3) is 11.3. The fourth-order valence-electron chi connectivity index (χ4n) is 4.33. The van der Waals surface area contributed by atoms with Gasteiger partial charge < -0.3 is 26.4 Å². The van der Waals surface area contributed by atoms with Gasteiger partial charge in [-0.05, 0) is 54.8 Å². The molecule has 7 nitrogen and oxygen atoms in total.